The van der Waals surface area contributed by atoms with Crippen LogP contribution in [-0.4, -0.2) is 48.6 Å². The lowest BCUT2D eigenvalue weighted by Gasteiger charge is -2.32. The maximum atomic E-state index is 12.7. The fourth-order valence-electron chi connectivity index (χ4n) is 3.35. The van der Waals surface area contributed by atoms with E-state index in [0.717, 1.165) is 30.0 Å². The highest BCUT2D eigenvalue weighted by Gasteiger charge is 2.38. The zero-order valence-corrected chi connectivity index (χ0v) is 15.4. The quantitative estimate of drug-likeness (QED) is 0.829. The predicted molar refractivity (Wildman–Crippen MR) is 99.7 cm³/mol. The van der Waals surface area contributed by atoms with Crippen molar-refractivity contribution in [3.63, 3.8) is 0 Å². The minimum Gasteiger partial charge on any atom is -0.341 e. The lowest BCUT2D eigenvalue weighted by Crippen LogP contribution is -2.48. The van der Waals surface area contributed by atoms with Crippen LogP contribution in [0.25, 0.3) is 0 Å². The molecule has 2 heterocycles. The molecule has 1 aromatic carbocycles. The average Bonchev–Trinajstić information content (AvgIpc) is 2.96. The molecular weight excluding hydrogens is 346 g/mol. The van der Waals surface area contributed by atoms with Crippen molar-refractivity contribution in [1.29, 1.82) is 0 Å². The van der Waals surface area contributed by atoms with Crippen molar-refractivity contribution >= 4 is 41.7 Å². The van der Waals surface area contributed by atoms with Crippen molar-refractivity contribution in [1.82, 2.24) is 4.90 Å². The second-order valence-electron chi connectivity index (χ2n) is 6.29. The van der Waals surface area contributed by atoms with Crippen LogP contribution < -0.4 is 10.6 Å². The van der Waals surface area contributed by atoms with Gasteiger partial charge in [0.15, 0.2) is 0 Å². The van der Waals surface area contributed by atoms with Gasteiger partial charge in [-0.05, 0) is 43.4 Å². The molecule has 132 valence electrons. The summed E-state index contributed by atoms with van der Waals surface area (Å²) in [6, 6.07) is 7.99. The number of likely N-dealkylation sites (tertiary alicyclic amines) is 1. The molecule has 2 aliphatic rings. The Morgan fingerprint density at radius 2 is 1.96 bits per heavy atom. The number of rotatable bonds is 3. The first-order valence-electron chi connectivity index (χ1n) is 8.07. The van der Waals surface area contributed by atoms with Crippen LogP contribution in [0.3, 0.4) is 0 Å². The Bertz CT molecular complexity index is 596. The van der Waals surface area contributed by atoms with Crippen LogP contribution in [0.2, 0.25) is 0 Å². The minimum absolute atomic E-state index is 0. The van der Waals surface area contributed by atoms with Crippen LogP contribution >= 0.6 is 24.2 Å². The van der Waals surface area contributed by atoms with E-state index in [-0.39, 0.29) is 36.2 Å². The maximum Gasteiger partial charge on any atom is 0.228 e. The summed E-state index contributed by atoms with van der Waals surface area (Å²) in [4.78, 5) is 29.7. The summed E-state index contributed by atoms with van der Waals surface area (Å²) in [5.74, 6) is -0.133. The van der Waals surface area contributed by atoms with E-state index in [0.29, 0.717) is 19.5 Å². The number of carbonyl (C=O) groups is 2. The van der Waals surface area contributed by atoms with Crippen molar-refractivity contribution in [2.24, 2.45) is 11.7 Å². The fraction of sp³-hybridized carbons (Fsp3) is 0.529. The number of thioether (sulfide) groups is 1. The van der Waals surface area contributed by atoms with E-state index in [1.54, 1.807) is 16.7 Å². The molecule has 0 spiro atoms. The zero-order chi connectivity index (χ0) is 16.4. The lowest BCUT2D eigenvalue weighted by molar-refractivity contribution is -0.136. The normalized spacial score (nSPS) is 24.0. The number of piperidine rings is 1. The van der Waals surface area contributed by atoms with Gasteiger partial charge in [-0.15, -0.1) is 24.2 Å². The Balaban J connectivity index is 0.00000208. The molecule has 1 aromatic rings. The third-order valence-electron chi connectivity index (χ3n) is 4.63. The molecule has 0 bridgehead atoms. The molecule has 24 heavy (non-hydrogen) atoms. The van der Waals surface area contributed by atoms with E-state index in [9.17, 15) is 9.59 Å². The summed E-state index contributed by atoms with van der Waals surface area (Å²) in [6.07, 6.45) is 4.25. The van der Waals surface area contributed by atoms with Crippen molar-refractivity contribution in [3.8, 4) is 0 Å². The largest absolute Gasteiger partial charge is 0.341 e. The van der Waals surface area contributed by atoms with E-state index in [2.05, 4.69) is 0 Å². The van der Waals surface area contributed by atoms with Gasteiger partial charge in [0.25, 0.3) is 0 Å². The lowest BCUT2D eigenvalue weighted by atomic mass is 10.0. The van der Waals surface area contributed by atoms with Crippen molar-refractivity contribution in [3.05, 3.63) is 24.3 Å². The number of anilines is 1. The van der Waals surface area contributed by atoms with Gasteiger partial charge in [-0.2, -0.15) is 0 Å². The van der Waals surface area contributed by atoms with E-state index >= 15 is 0 Å². The summed E-state index contributed by atoms with van der Waals surface area (Å²) in [7, 11) is 0. The van der Waals surface area contributed by atoms with E-state index in [4.69, 9.17) is 5.73 Å². The van der Waals surface area contributed by atoms with Crippen LogP contribution in [0.15, 0.2) is 29.2 Å². The minimum atomic E-state index is -0.243. The van der Waals surface area contributed by atoms with Gasteiger partial charge in [0.1, 0.15) is 0 Å². The SMILES string of the molecule is CSc1ccc(N2CC(C(=O)N3CCCC(N)C3)CC2=O)cc1.Cl. The van der Waals surface area contributed by atoms with Gasteiger partial charge in [-0.3, -0.25) is 9.59 Å². The smallest absolute Gasteiger partial charge is 0.228 e. The Kier molecular flexibility index (Phi) is 6.54. The molecule has 0 saturated carbocycles. The van der Waals surface area contributed by atoms with E-state index in [1.807, 2.05) is 35.4 Å². The summed E-state index contributed by atoms with van der Waals surface area (Å²) in [6.45, 7) is 1.85. The van der Waals surface area contributed by atoms with Crippen molar-refractivity contribution in [2.45, 2.75) is 30.2 Å². The van der Waals surface area contributed by atoms with Crippen LogP contribution in [0, 0.1) is 5.92 Å². The van der Waals surface area contributed by atoms with Gasteiger partial charge < -0.3 is 15.5 Å². The number of carbonyl (C=O) groups excluding carboxylic acids is 2. The van der Waals surface area contributed by atoms with Gasteiger partial charge >= 0.3 is 0 Å². The topological polar surface area (TPSA) is 66.6 Å². The second kappa shape index (κ2) is 8.23. The summed E-state index contributed by atoms with van der Waals surface area (Å²) >= 11 is 1.67. The number of benzene rings is 1. The first kappa shape index (κ1) is 19.1. The van der Waals surface area contributed by atoms with Crippen LogP contribution in [0.1, 0.15) is 19.3 Å². The molecule has 2 atom stereocenters. The number of halogens is 1. The third kappa shape index (κ3) is 4.05. The molecule has 2 aliphatic heterocycles. The van der Waals surface area contributed by atoms with Crippen LogP contribution in [0.4, 0.5) is 5.69 Å². The first-order valence-corrected chi connectivity index (χ1v) is 9.29. The van der Waals surface area contributed by atoms with Gasteiger partial charge in [0.2, 0.25) is 11.8 Å². The molecule has 0 aliphatic carbocycles. The van der Waals surface area contributed by atoms with Gasteiger partial charge in [0, 0.05) is 42.7 Å². The number of amides is 2. The molecular formula is C17H24ClN3O2S. The Labute approximate surface area is 153 Å². The van der Waals surface area contributed by atoms with E-state index in [1.165, 1.54) is 0 Å². The van der Waals surface area contributed by atoms with E-state index < -0.39 is 0 Å². The average molecular weight is 370 g/mol. The Morgan fingerprint density at radius 3 is 2.58 bits per heavy atom. The summed E-state index contributed by atoms with van der Waals surface area (Å²) in [5.41, 5.74) is 6.83. The first-order chi connectivity index (χ1) is 11.1. The van der Waals surface area contributed by atoms with Gasteiger partial charge in [0.05, 0.1) is 5.92 Å². The predicted octanol–water partition coefficient (Wildman–Crippen LogP) is 2.13. The van der Waals surface area contributed by atoms with Crippen molar-refractivity contribution in [2.75, 3.05) is 30.8 Å². The molecule has 5 nitrogen and oxygen atoms in total. The molecule has 2 N–H and O–H groups in total. The molecule has 2 unspecified atom stereocenters. The van der Waals surface area contributed by atoms with Gasteiger partial charge in [-0.25, -0.2) is 0 Å². The Morgan fingerprint density at radius 1 is 1.25 bits per heavy atom. The number of hydrogen-bond acceptors (Lipinski definition) is 4. The molecule has 2 amide bonds. The maximum absolute atomic E-state index is 12.7. The molecule has 7 heteroatoms. The molecule has 2 saturated heterocycles. The zero-order valence-electron chi connectivity index (χ0n) is 13.8. The third-order valence-corrected chi connectivity index (χ3v) is 5.37. The number of hydrogen-bond donors (Lipinski definition) is 1. The number of nitrogens with zero attached hydrogens (tertiary/aromatic N) is 2. The highest BCUT2D eigenvalue weighted by Crippen LogP contribution is 2.28. The molecule has 3 rings (SSSR count). The van der Waals surface area contributed by atoms with Crippen LogP contribution in [0.5, 0.6) is 0 Å². The summed E-state index contributed by atoms with van der Waals surface area (Å²) < 4.78 is 0. The monoisotopic (exact) mass is 369 g/mol. The highest BCUT2D eigenvalue weighted by atomic mass is 35.5. The van der Waals surface area contributed by atoms with Crippen molar-refractivity contribution < 1.29 is 9.59 Å². The molecule has 0 aromatic heterocycles. The molecule has 0 radical (unpaired) electrons. The second-order valence-corrected chi connectivity index (χ2v) is 7.17. The van der Waals surface area contributed by atoms with Gasteiger partial charge in [-0.1, -0.05) is 0 Å². The van der Waals surface area contributed by atoms with Crippen LogP contribution in [-0.2, 0) is 9.59 Å². The standard InChI is InChI=1S/C17H23N3O2S.ClH/c1-23-15-6-4-14(5-7-15)20-10-12(9-16(20)21)17(22)19-8-2-3-13(18)11-19;/h4-7,12-13H,2-3,8-11,18H2,1H3;1H. The Hall–Kier alpha value is -1.24. The molecule has 2 fully saturated rings. The summed E-state index contributed by atoms with van der Waals surface area (Å²) in [5, 5.41) is 0. The number of nitrogens with two attached hydrogens (primary N) is 1. The fourth-order valence-corrected chi connectivity index (χ4v) is 3.76. The highest BCUT2D eigenvalue weighted by molar-refractivity contribution is 7.98.